The highest BCUT2D eigenvalue weighted by Gasteiger charge is 2.25. The second-order valence-corrected chi connectivity index (χ2v) is 5.27. The molecule has 4 heteroatoms. The predicted molar refractivity (Wildman–Crippen MR) is 78.9 cm³/mol. The zero-order valence-corrected chi connectivity index (χ0v) is 11.7. The molecule has 0 radical (unpaired) electrons. The number of carbonyl (C=O) groups is 1. The summed E-state index contributed by atoms with van der Waals surface area (Å²) in [4.78, 5) is 12.3. The summed E-state index contributed by atoms with van der Waals surface area (Å²) in [6, 6.07) is 12.4. The first-order chi connectivity index (χ1) is 10.1. The number of nitrogens with one attached hydrogen (secondary N) is 1. The fourth-order valence-electron chi connectivity index (χ4n) is 2.41. The summed E-state index contributed by atoms with van der Waals surface area (Å²) in [5.41, 5.74) is 2.06. The molecule has 3 rings (SSSR count). The van der Waals surface area contributed by atoms with Crippen LogP contribution >= 0.6 is 0 Å². The average Bonchev–Trinajstić information content (AvgIpc) is 2.50. The molecule has 0 spiro atoms. The zero-order chi connectivity index (χ0) is 14.8. The van der Waals surface area contributed by atoms with Crippen LogP contribution in [-0.2, 0) is 11.2 Å². The minimum absolute atomic E-state index is 0.146. The van der Waals surface area contributed by atoms with E-state index in [1.54, 1.807) is 19.1 Å². The van der Waals surface area contributed by atoms with Crippen molar-refractivity contribution >= 4 is 11.6 Å². The van der Waals surface area contributed by atoms with Gasteiger partial charge in [-0.05, 0) is 42.7 Å². The third-order valence-electron chi connectivity index (χ3n) is 3.69. The molecular formula is C17H16FNO2. The van der Waals surface area contributed by atoms with E-state index in [-0.39, 0.29) is 17.6 Å². The molecule has 0 saturated carbocycles. The molecule has 2 aromatic rings. The van der Waals surface area contributed by atoms with Gasteiger partial charge >= 0.3 is 0 Å². The fraction of sp³-hybridized carbons (Fsp3) is 0.235. The minimum Gasteiger partial charge on any atom is -0.492 e. The summed E-state index contributed by atoms with van der Waals surface area (Å²) in [6.07, 6.45) is 0.635. The molecule has 3 nitrogen and oxygen atoms in total. The molecule has 0 unspecified atom stereocenters. The highest BCUT2D eigenvalue weighted by atomic mass is 19.1. The molecule has 0 aliphatic carbocycles. The van der Waals surface area contributed by atoms with E-state index in [0.717, 1.165) is 11.3 Å². The second kappa shape index (κ2) is 5.56. The number of ether oxygens (including phenoxy) is 1. The molecule has 1 aliphatic heterocycles. The molecule has 0 aromatic heterocycles. The topological polar surface area (TPSA) is 38.3 Å². The lowest BCUT2D eigenvalue weighted by atomic mass is 9.96. The fourth-order valence-corrected chi connectivity index (χ4v) is 2.41. The average molecular weight is 285 g/mol. The number of benzene rings is 2. The number of para-hydroxylation sites is 1. The molecule has 1 amide bonds. The molecular weight excluding hydrogens is 269 g/mol. The van der Waals surface area contributed by atoms with Gasteiger partial charge in [-0.3, -0.25) is 4.79 Å². The van der Waals surface area contributed by atoms with Gasteiger partial charge in [0.1, 0.15) is 18.2 Å². The van der Waals surface area contributed by atoms with Crippen LogP contribution in [0.4, 0.5) is 10.1 Å². The van der Waals surface area contributed by atoms with Crippen LogP contribution in [0.2, 0.25) is 0 Å². The zero-order valence-electron chi connectivity index (χ0n) is 11.7. The lowest BCUT2D eigenvalue weighted by molar-refractivity contribution is -0.121. The van der Waals surface area contributed by atoms with Crippen LogP contribution < -0.4 is 10.1 Å². The Balaban J connectivity index is 1.70. The van der Waals surface area contributed by atoms with Crippen LogP contribution in [-0.4, -0.2) is 12.5 Å². The summed E-state index contributed by atoms with van der Waals surface area (Å²) >= 11 is 0. The number of fused-ring (bicyclic) bond motifs is 1. The summed E-state index contributed by atoms with van der Waals surface area (Å²) in [6.45, 7) is 2.03. The molecule has 0 saturated heterocycles. The number of rotatable bonds is 2. The standard InChI is InChI=1S/C17H16FNO2/c1-11-6-7-14(9-15(11)18)19-17(20)13-8-12-4-2-3-5-16(12)21-10-13/h2-7,9,13H,8,10H2,1H3,(H,19,20)/t13-/m1/s1. The number of aryl methyl sites for hydroxylation is 1. The lowest BCUT2D eigenvalue weighted by Crippen LogP contribution is -2.32. The highest BCUT2D eigenvalue weighted by molar-refractivity contribution is 5.93. The maximum atomic E-state index is 13.5. The van der Waals surface area contributed by atoms with E-state index in [0.29, 0.717) is 24.3 Å². The van der Waals surface area contributed by atoms with Crippen LogP contribution in [0.25, 0.3) is 0 Å². The summed E-state index contributed by atoms with van der Waals surface area (Å²) in [5, 5.41) is 2.75. The van der Waals surface area contributed by atoms with Crippen molar-refractivity contribution in [3.8, 4) is 5.75 Å². The van der Waals surface area contributed by atoms with Crippen LogP contribution in [0.15, 0.2) is 42.5 Å². The number of hydrogen-bond donors (Lipinski definition) is 1. The first kappa shape index (κ1) is 13.6. The summed E-state index contributed by atoms with van der Waals surface area (Å²) in [7, 11) is 0. The Morgan fingerprint density at radius 2 is 2.10 bits per heavy atom. The molecule has 1 N–H and O–H groups in total. The first-order valence-corrected chi connectivity index (χ1v) is 6.91. The third-order valence-corrected chi connectivity index (χ3v) is 3.69. The van der Waals surface area contributed by atoms with Gasteiger partial charge in [0.15, 0.2) is 0 Å². The Hall–Kier alpha value is -2.36. The Labute approximate surface area is 122 Å². The molecule has 108 valence electrons. The SMILES string of the molecule is Cc1ccc(NC(=O)[C@H]2COc3ccccc3C2)cc1F. The van der Waals surface area contributed by atoms with Gasteiger partial charge in [0, 0.05) is 5.69 Å². The smallest absolute Gasteiger partial charge is 0.231 e. The Morgan fingerprint density at radius 1 is 1.29 bits per heavy atom. The maximum absolute atomic E-state index is 13.5. The van der Waals surface area contributed by atoms with Crippen molar-refractivity contribution < 1.29 is 13.9 Å². The van der Waals surface area contributed by atoms with Crippen molar-refractivity contribution in [2.24, 2.45) is 5.92 Å². The number of anilines is 1. The molecule has 21 heavy (non-hydrogen) atoms. The third kappa shape index (κ3) is 2.89. The van der Waals surface area contributed by atoms with Crippen LogP contribution in [0.1, 0.15) is 11.1 Å². The normalized spacial score (nSPS) is 16.8. The lowest BCUT2D eigenvalue weighted by Gasteiger charge is -2.24. The van der Waals surface area contributed by atoms with E-state index in [9.17, 15) is 9.18 Å². The molecule has 1 aliphatic rings. The van der Waals surface area contributed by atoms with Gasteiger partial charge in [-0.25, -0.2) is 4.39 Å². The van der Waals surface area contributed by atoms with Crippen LogP contribution in [0.5, 0.6) is 5.75 Å². The number of amides is 1. The minimum atomic E-state index is -0.321. The van der Waals surface area contributed by atoms with Crippen molar-refractivity contribution in [2.75, 3.05) is 11.9 Å². The van der Waals surface area contributed by atoms with Gasteiger partial charge in [0.25, 0.3) is 0 Å². The Bertz CT molecular complexity index is 684. The van der Waals surface area contributed by atoms with E-state index < -0.39 is 0 Å². The van der Waals surface area contributed by atoms with Crippen molar-refractivity contribution in [3.63, 3.8) is 0 Å². The summed E-state index contributed by atoms with van der Waals surface area (Å²) in [5.74, 6) is 0.109. The van der Waals surface area contributed by atoms with Crippen molar-refractivity contribution in [1.82, 2.24) is 0 Å². The van der Waals surface area contributed by atoms with E-state index in [1.807, 2.05) is 24.3 Å². The number of carbonyl (C=O) groups excluding carboxylic acids is 1. The van der Waals surface area contributed by atoms with E-state index in [4.69, 9.17) is 4.74 Å². The Kier molecular flexibility index (Phi) is 3.60. The van der Waals surface area contributed by atoms with Gasteiger partial charge in [0.05, 0.1) is 5.92 Å². The van der Waals surface area contributed by atoms with Crippen molar-refractivity contribution in [3.05, 3.63) is 59.4 Å². The molecule has 1 heterocycles. The monoisotopic (exact) mass is 285 g/mol. The van der Waals surface area contributed by atoms with Crippen LogP contribution in [0.3, 0.4) is 0 Å². The quantitative estimate of drug-likeness (QED) is 0.919. The largest absolute Gasteiger partial charge is 0.492 e. The maximum Gasteiger partial charge on any atom is 0.231 e. The van der Waals surface area contributed by atoms with Gasteiger partial charge in [-0.1, -0.05) is 24.3 Å². The van der Waals surface area contributed by atoms with E-state index >= 15 is 0 Å². The van der Waals surface area contributed by atoms with E-state index in [2.05, 4.69) is 5.32 Å². The molecule has 0 bridgehead atoms. The van der Waals surface area contributed by atoms with Gasteiger partial charge in [0.2, 0.25) is 5.91 Å². The highest BCUT2D eigenvalue weighted by Crippen LogP contribution is 2.27. The predicted octanol–water partition coefficient (Wildman–Crippen LogP) is 3.32. The summed E-state index contributed by atoms with van der Waals surface area (Å²) < 4.78 is 19.1. The van der Waals surface area contributed by atoms with Crippen molar-refractivity contribution in [2.45, 2.75) is 13.3 Å². The molecule has 2 aromatic carbocycles. The van der Waals surface area contributed by atoms with Crippen molar-refractivity contribution in [1.29, 1.82) is 0 Å². The number of halogens is 1. The second-order valence-electron chi connectivity index (χ2n) is 5.27. The Morgan fingerprint density at radius 3 is 2.90 bits per heavy atom. The number of hydrogen-bond acceptors (Lipinski definition) is 2. The van der Waals surface area contributed by atoms with Gasteiger partial charge in [-0.15, -0.1) is 0 Å². The van der Waals surface area contributed by atoms with Gasteiger partial charge in [-0.2, -0.15) is 0 Å². The molecule has 1 atom stereocenters. The van der Waals surface area contributed by atoms with Crippen LogP contribution in [0, 0.1) is 18.7 Å². The van der Waals surface area contributed by atoms with E-state index in [1.165, 1.54) is 6.07 Å². The molecule has 0 fully saturated rings. The first-order valence-electron chi connectivity index (χ1n) is 6.91. The van der Waals surface area contributed by atoms with Gasteiger partial charge < -0.3 is 10.1 Å².